The van der Waals surface area contributed by atoms with Gasteiger partial charge in [0.15, 0.2) is 0 Å². The average Bonchev–Trinajstić information content (AvgIpc) is 2.96. The predicted octanol–water partition coefficient (Wildman–Crippen LogP) is 2.31. The summed E-state index contributed by atoms with van der Waals surface area (Å²) in [6.45, 7) is 5.68. The second kappa shape index (κ2) is 5.43. The number of hydrogen-bond acceptors (Lipinski definition) is 3. The quantitative estimate of drug-likeness (QED) is 0.829. The molecular weight excluding hydrogens is 250 g/mol. The van der Waals surface area contributed by atoms with Gasteiger partial charge in [0.1, 0.15) is 0 Å². The van der Waals surface area contributed by atoms with Crippen molar-refractivity contribution in [2.45, 2.75) is 32.6 Å². The lowest BCUT2D eigenvalue weighted by molar-refractivity contribution is -0.141. The Morgan fingerprint density at radius 3 is 2.30 bits per heavy atom. The lowest BCUT2D eigenvalue weighted by atomic mass is 9.87. The van der Waals surface area contributed by atoms with Gasteiger partial charge in [-0.2, -0.15) is 0 Å². The van der Waals surface area contributed by atoms with E-state index in [9.17, 15) is 4.79 Å². The summed E-state index contributed by atoms with van der Waals surface area (Å²) in [7, 11) is 0. The zero-order chi connectivity index (χ0) is 14.0. The van der Waals surface area contributed by atoms with Crippen molar-refractivity contribution in [3.8, 4) is 0 Å². The molecule has 0 unspecified atom stereocenters. The van der Waals surface area contributed by atoms with E-state index < -0.39 is 0 Å². The summed E-state index contributed by atoms with van der Waals surface area (Å²) >= 11 is 0. The van der Waals surface area contributed by atoms with Gasteiger partial charge >= 0.3 is 0 Å². The Morgan fingerprint density at radius 1 is 1.10 bits per heavy atom. The number of carbonyl (C=O) groups excluding carboxylic acids is 1. The predicted molar refractivity (Wildman–Crippen MR) is 79.6 cm³/mol. The van der Waals surface area contributed by atoms with Crippen LogP contribution in [0.5, 0.6) is 0 Å². The van der Waals surface area contributed by atoms with Crippen molar-refractivity contribution < 1.29 is 4.79 Å². The Hall–Kier alpha value is -1.58. The number of anilines is 1. The molecule has 0 radical (unpaired) electrons. The van der Waals surface area contributed by atoms with Crippen LogP contribution in [0.25, 0.3) is 0 Å². The molecule has 0 spiro atoms. The Morgan fingerprint density at radius 2 is 1.70 bits per heavy atom. The minimum absolute atomic E-state index is 0.0845. The molecule has 2 aliphatic rings. The second-order valence-electron chi connectivity index (χ2n) is 6.25. The van der Waals surface area contributed by atoms with Crippen molar-refractivity contribution in [3.05, 3.63) is 24.5 Å². The molecule has 0 bridgehead atoms. The molecule has 1 aliphatic heterocycles. The van der Waals surface area contributed by atoms with E-state index in [0.717, 1.165) is 39.0 Å². The highest BCUT2D eigenvalue weighted by Gasteiger charge is 2.39. The zero-order valence-electron chi connectivity index (χ0n) is 12.2. The molecule has 0 N–H and O–H groups in total. The summed E-state index contributed by atoms with van der Waals surface area (Å²) in [5.74, 6) is 0.379. The van der Waals surface area contributed by atoms with Gasteiger partial charge in [0, 0.05) is 49.7 Å². The molecule has 0 aromatic carbocycles. The van der Waals surface area contributed by atoms with Gasteiger partial charge in [0.05, 0.1) is 0 Å². The molecule has 1 amide bonds. The molecule has 1 aromatic rings. The van der Waals surface area contributed by atoms with E-state index in [-0.39, 0.29) is 5.41 Å². The van der Waals surface area contributed by atoms with Crippen molar-refractivity contribution in [1.29, 1.82) is 0 Å². The van der Waals surface area contributed by atoms with Gasteiger partial charge in [-0.3, -0.25) is 9.78 Å². The number of aromatic nitrogens is 1. The highest BCUT2D eigenvalue weighted by Crippen LogP contribution is 2.39. The molecule has 4 heteroatoms. The summed E-state index contributed by atoms with van der Waals surface area (Å²) in [5, 5.41) is 0. The molecule has 0 atom stereocenters. The highest BCUT2D eigenvalue weighted by atomic mass is 16.2. The Kier molecular flexibility index (Phi) is 3.64. The minimum atomic E-state index is -0.0845. The third-order valence-corrected chi connectivity index (χ3v) is 4.82. The van der Waals surface area contributed by atoms with E-state index in [0.29, 0.717) is 5.91 Å². The molecule has 108 valence electrons. The molecule has 3 rings (SSSR count). The molecular formula is C16H23N3O. The van der Waals surface area contributed by atoms with Gasteiger partial charge in [0.2, 0.25) is 5.91 Å². The summed E-state index contributed by atoms with van der Waals surface area (Å²) in [5.41, 5.74) is 1.12. The Labute approximate surface area is 120 Å². The number of rotatable bonds is 2. The number of pyridine rings is 1. The van der Waals surface area contributed by atoms with Crippen molar-refractivity contribution in [2.75, 3.05) is 31.1 Å². The topological polar surface area (TPSA) is 36.4 Å². The van der Waals surface area contributed by atoms with E-state index >= 15 is 0 Å². The first kappa shape index (κ1) is 13.4. The van der Waals surface area contributed by atoms with Gasteiger partial charge in [0.25, 0.3) is 0 Å². The second-order valence-corrected chi connectivity index (χ2v) is 6.25. The van der Waals surface area contributed by atoms with Crippen LogP contribution in [0.2, 0.25) is 0 Å². The monoisotopic (exact) mass is 273 g/mol. The molecule has 20 heavy (non-hydrogen) atoms. The van der Waals surface area contributed by atoms with Crippen molar-refractivity contribution in [3.63, 3.8) is 0 Å². The van der Waals surface area contributed by atoms with Crippen LogP contribution in [0.3, 0.4) is 0 Å². The fourth-order valence-electron chi connectivity index (χ4n) is 3.47. The fraction of sp³-hybridized carbons (Fsp3) is 0.625. The first-order valence-electron chi connectivity index (χ1n) is 7.63. The number of nitrogens with zero attached hydrogens (tertiary/aromatic N) is 3. The summed E-state index contributed by atoms with van der Waals surface area (Å²) in [4.78, 5) is 21.1. The van der Waals surface area contributed by atoms with Crippen LogP contribution in [-0.4, -0.2) is 42.0 Å². The lowest BCUT2D eigenvalue weighted by Gasteiger charge is -2.39. The molecule has 2 fully saturated rings. The summed E-state index contributed by atoms with van der Waals surface area (Å²) < 4.78 is 0. The number of carbonyl (C=O) groups is 1. The minimum Gasteiger partial charge on any atom is -0.368 e. The third kappa shape index (κ3) is 2.51. The molecule has 1 aliphatic carbocycles. The summed E-state index contributed by atoms with van der Waals surface area (Å²) in [6.07, 6.45) is 8.20. The van der Waals surface area contributed by atoms with Gasteiger partial charge in [-0.15, -0.1) is 0 Å². The van der Waals surface area contributed by atoms with Crippen LogP contribution in [0.4, 0.5) is 5.69 Å². The van der Waals surface area contributed by atoms with Crippen LogP contribution >= 0.6 is 0 Å². The van der Waals surface area contributed by atoms with E-state index in [1.165, 1.54) is 18.5 Å². The maximum Gasteiger partial charge on any atom is 0.228 e. The maximum absolute atomic E-state index is 12.7. The van der Waals surface area contributed by atoms with Crippen LogP contribution in [0, 0.1) is 5.41 Å². The van der Waals surface area contributed by atoms with E-state index in [1.54, 1.807) is 0 Å². The first-order chi connectivity index (χ1) is 9.69. The largest absolute Gasteiger partial charge is 0.368 e. The zero-order valence-corrected chi connectivity index (χ0v) is 12.2. The lowest BCUT2D eigenvalue weighted by Crippen LogP contribution is -2.52. The van der Waals surface area contributed by atoms with Gasteiger partial charge in [-0.05, 0) is 25.0 Å². The molecule has 1 aromatic heterocycles. The molecule has 1 saturated carbocycles. The summed E-state index contributed by atoms with van der Waals surface area (Å²) in [6, 6.07) is 4.07. The average molecular weight is 273 g/mol. The van der Waals surface area contributed by atoms with Gasteiger partial charge < -0.3 is 9.80 Å². The standard InChI is InChI=1S/C16H23N3O/c1-16(6-2-3-7-16)15(20)19-12-10-18(11-13-19)14-4-8-17-9-5-14/h4-5,8-9H,2-3,6-7,10-13H2,1H3. The van der Waals surface area contributed by atoms with E-state index in [1.807, 2.05) is 24.5 Å². The normalized spacial score (nSPS) is 22.1. The van der Waals surface area contributed by atoms with Crippen LogP contribution < -0.4 is 4.90 Å². The molecule has 1 saturated heterocycles. The maximum atomic E-state index is 12.7. The van der Waals surface area contributed by atoms with E-state index in [2.05, 4.69) is 21.7 Å². The number of piperazine rings is 1. The highest BCUT2D eigenvalue weighted by molar-refractivity contribution is 5.83. The van der Waals surface area contributed by atoms with Gasteiger partial charge in [-0.1, -0.05) is 19.8 Å². The van der Waals surface area contributed by atoms with Crippen molar-refractivity contribution in [2.24, 2.45) is 5.41 Å². The first-order valence-corrected chi connectivity index (χ1v) is 7.63. The van der Waals surface area contributed by atoms with Crippen LogP contribution in [0.1, 0.15) is 32.6 Å². The number of amides is 1. The Bertz CT molecular complexity index is 460. The van der Waals surface area contributed by atoms with E-state index in [4.69, 9.17) is 0 Å². The smallest absolute Gasteiger partial charge is 0.228 e. The Balaban J connectivity index is 1.60. The molecule has 2 heterocycles. The SMILES string of the molecule is CC1(C(=O)N2CCN(c3ccncc3)CC2)CCCC1. The van der Waals surface area contributed by atoms with Crippen molar-refractivity contribution >= 4 is 11.6 Å². The van der Waals surface area contributed by atoms with Crippen molar-refractivity contribution in [1.82, 2.24) is 9.88 Å². The van der Waals surface area contributed by atoms with Crippen LogP contribution in [-0.2, 0) is 4.79 Å². The molecule has 4 nitrogen and oxygen atoms in total. The van der Waals surface area contributed by atoms with Crippen LogP contribution in [0.15, 0.2) is 24.5 Å². The fourth-order valence-corrected chi connectivity index (χ4v) is 3.47. The third-order valence-electron chi connectivity index (χ3n) is 4.82. The van der Waals surface area contributed by atoms with Gasteiger partial charge in [-0.25, -0.2) is 0 Å². The number of hydrogen-bond donors (Lipinski definition) is 0.